The second-order valence-electron chi connectivity index (χ2n) is 5.50. The fraction of sp³-hybridized carbons (Fsp3) is 0.182. The molecule has 8 heteroatoms. The van der Waals surface area contributed by atoms with Crippen LogP contribution in [0.3, 0.4) is 0 Å². The third-order valence-electron chi connectivity index (χ3n) is 3.86. The van der Waals surface area contributed by atoms with Crippen LogP contribution in [0.25, 0.3) is 10.8 Å². The standard InChI is InChI=1S/C20H17NO3.CH4O.CH3O.O.V/c22-19-11-10-15-8-4-5-9-16(15)17(19)13-21-18(20(23)24)12-14-6-2-1-3-7-14;2*1-2;;/h1-11,13,18,22H,12H2,(H,23,24);2H,1H3;1H3;;/q;;-1;-2;/p-2/t18-;;;;/m0..../s1. The van der Waals surface area contributed by atoms with Crippen LogP contribution in [0.5, 0.6) is 5.75 Å². The Bertz CT molecular complexity index is 903. The number of carboxylic acids is 1. The van der Waals surface area contributed by atoms with Crippen LogP contribution < -0.4 is 15.3 Å². The zero-order valence-corrected chi connectivity index (χ0v) is 18.0. The number of hydrogen-bond donors (Lipinski definition) is 1. The van der Waals surface area contributed by atoms with Gasteiger partial charge in [0.15, 0.2) is 0 Å². The predicted molar refractivity (Wildman–Crippen MR) is 105 cm³/mol. The summed E-state index contributed by atoms with van der Waals surface area (Å²) in [5.74, 6) is -1.45. The molecule has 3 aromatic carbocycles. The van der Waals surface area contributed by atoms with Crippen molar-refractivity contribution >= 4 is 23.0 Å². The summed E-state index contributed by atoms with van der Waals surface area (Å²) in [5.41, 5.74) is 1.25. The number of aliphatic imine (C=N–C) groups is 1. The fourth-order valence-electron chi connectivity index (χ4n) is 2.61. The van der Waals surface area contributed by atoms with Crippen molar-refractivity contribution in [3.05, 3.63) is 77.9 Å². The van der Waals surface area contributed by atoms with E-state index in [2.05, 4.69) is 4.99 Å². The molecule has 7 nitrogen and oxygen atoms in total. The quantitative estimate of drug-likeness (QED) is 0.553. The van der Waals surface area contributed by atoms with Gasteiger partial charge in [0.05, 0.1) is 12.0 Å². The molecule has 1 atom stereocenters. The summed E-state index contributed by atoms with van der Waals surface area (Å²) in [6, 6.07) is 18.8. The number of benzene rings is 3. The van der Waals surface area contributed by atoms with Crippen LogP contribution in [0, 0.1) is 0 Å². The Morgan fingerprint density at radius 1 is 1.00 bits per heavy atom. The zero-order valence-electron chi connectivity index (χ0n) is 16.6. The Kier molecular flexibility index (Phi) is 15.9. The SMILES string of the molecule is CO.C[O-].O=C([O-])[C@H](Cc1ccccc1)N=Cc1c([O-])ccc2ccccc12.[O-2].[V]. The van der Waals surface area contributed by atoms with Crippen molar-refractivity contribution < 1.29 is 49.3 Å². The summed E-state index contributed by atoms with van der Waals surface area (Å²) in [5, 5.41) is 40.4. The van der Waals surface area contributed by atoms with Crippen LogP contribution >= 0.6 is 0 Å². The fourth-order valence-corrected chi connectivity index (χ4v) is 2.61. The number of hydrogen-bond acceptors (Lipinski definition) is 6. The third-order valence-corrected chi connectivity index (χ3v) is 3.86. The number of nitrogens with zero attached hydrogens (tertiary/aromatic N) is 1. The molecule has 30 heavy (non-hydrogen) atoms. The van der Waals surface area contributed by atoms with Crippen LogP contribution in [0.4, 0.5) is 0 Å². The van der Waals surface area contributed by atoms with E-state index in [1.54, 1.807) is 6.07 Å². The topological polar surface area (TPSA) is 147 Å². The number of carbonyl (C=O) groups is 1. The van der Waals surface area contributed by atoms with Gasteiger partial charge in [0, 0.05) is 38.3 Å². The summed E-state index contributed by atoms with van der Waals surface area (Å²) < 4.78 is 0. The van der Waals surface area contributed by atoms with E-state index >= 15 is 0 Å². The van der Waals surface area contributed by atoms with Gasteiger partial charge in [0.2, 0.25) is 0 Å². The van der Waals surface area contributed by atoms with E-state index in [4.69, 9.17) is 10.2 Å². The van der Waals surface area contributed by atoms with E-state index in [0.717, 1.165) is 30.6 Å². The molecule has 161 valence electrons. The molecule has 3 rings (SSSR count). The summed E-state index contributed by atoms with van der Waals surface area (Å²) >= 11 is 0. The summed E-state index contributed by atoms with van der Waals surface area (Å²) in [6.07, 6.45) is 1.58. The van der Waals surface area contributed by atoms with Crippen LogP contribution in [0.1, 0.15) is 11.1 Å². The molecule has 1 N–H and O–H groups in total. The van der Waals surface area contributed by atoms with Gasteiger partial charge in [0.25, 0.3) is 0 Å². The molecule has 0 saturated heterocycles. The van der Waals surface area contributed by atoms with E-state index < -0.39 is 12.0 Å². The molecule has 0 spiro atoms. The van der Waals surface area contributed by atoms with Crippen molar-refractivity contribution in [1.82, 2.24) is 0 Å². The van der Waals surface area contributed by atoms with Gasteiger partial charge in [-0.05, 0) is 21.9 Å². The molecule has 3 aromatic rings. The maximum Gasteiger partial charge on any atom is 0.0933 e. The van der Waals surface area contributed by atoms with Gasteiger partial charge >= 0.3 is 0 Å². The van der Waals surface area contributed by atoms with Crippen molar-refractivity contribution in [3.63, 3.8) is 0 Å². The summed E-state index contributed by atoms with van der Waals surface area (Å²) in [4.78, 5) is 15.5. The van der Waals surface area contributed by atoms with E-state index in [1.165, 1.54) is 12.3 Å². The van der Waals surface area contributed by atoms with Crippen LogP contribution in [0.15, 0.2) is 71.7 Å². The largest absolute Gasteiger partial charge is 2.00 e. The molecule has 0 aliphatic rings. The van der Waals surface area contributed by atoms with E-state index in [1.807, 2.05) is 54.6 Å². The number of fused-ring (bicyclic) bond motifs is 1. The van der Waals surface area contributed by atoms with Crippen molar-refractivity contribution in [1.29, 1.82) is 0 Å². The Hall–Kier alpha value is -2.68. The van der Waals surface area contributed by atoms with Gasteiger partial charge in [-0.2, -0.15) is 7.11 Å². The van der Waals surface area contributed by atoms with Gasteiger partial charge in [0.1, 0.15) is 0 Å². The molecule has 0 aliphatic carbocycles. The van der Waals surface area contributed by atoms with Gasteiger partial charge in [-0.1, -0.05) is 72.5 Å². The Morgan fingerprint density at radius 2 is 1.57 bits per heavy atom. The molecule has 0 unspecified atom stereocenters. The number of aliphatic carboxylic acids is 1. The Labute approximate surface area is 187 Å². The van der Waals surface area contributed by atoms with E-state index in [9.17, 15) is 15.0 Å². The van der Waals surface area contributed by atoms with Crippen LogP contribution in [-0.2, 0) is 35.2 Å². The third kappa shape index (κ3) is 8.36. The number of aliphatic hydroxyl groups excluding tert-OH is 1. The monoisotopic (exact) mass is 447 g/mol. The molecule has 1 radical (unpaired) electrons. The van der Waals surface area contributed by atoms with Crippen molar-refractivity contribution in [2.75, 3.05) is 14.2 Å². The minimum absolute atomic E-state index is 0. The van der Waals surface area contributed by atoms with Crippen LogP contribution in [-0.4, -0.2) is 37.6 Å². The minimum Gasteiger partial charge on any atom is -2.00 e. The van der Waals surface area contributed by atoms with Crippen molar-refractivity contribution in [2.45, 2.75) is 12.5 Å². The predicted octanol–water partition coefficient (Wildman–Crippen LogP) is 0.157. The average molecular weight is 447 g/mol. The Balaban J connectivity index is 0. The number of carbonyl (C=O) groups excluding carboxylic acids is 1. The molecular formula is C22H22NO6V-5. The molecule has 0 amide bonds. The molecule has 0 aromatic heterocycles. The molecule has 0 heterocycles. The second-order valence-corrected chi connectivity index (χ2v) is 5.50. The number of rotatable bonds is 5. The normalized spacial score (nSPS) is 10.4. The van der Waals surface area contributed by atoms with Crippen molar-refractivity contribution in [3.8, 4) is 5.75 Å². The molecule has 0 bridgehead atoms. The molecule has 0 fully saturated rings. The summed E-state index contributed by atoms with van der Waals surface area (Å²) in [6.45, 7) is 0. The number of carboxylic acid groups (broad SMARTS) is 1. The first-order valence-corrected chi connectivity index (χ1v) is 8.47. The molecular weight excluding hydrogens is 425 g/mol. The van der Waals surface area contributed by atoms with Gasteiger partial charge in [-0.3, -0.25) is 4.99 Å². The van der Waals surface area contributed by atoms with E-state index in [0.29, 0.717) is 5.56 Å². The Morgan fingerprint density at radius 3 is 2.17 bits per heavy atom. The molecule has 0 saturated carbocycles. The van der Waals surface area contributed by atoms with Gasteiger partial charge in [-0.15, -0.1) is 0 Å². The smallest absolute Gasteiger partial charge is 0.0933 e. The first kappa shape index (κ1) is 29.5. The number of aliphatic hydroxyl groups is 1. The van der Waals surface area contributed by atoms with Gasteiger partial charge in [-0.25, -0.2) is 0 Å². The van der Waals surface area contributed by atoms with Crippen molar-refractivity contribution in [2.24, 2.45) is 4.99 Å². The maximum absolute atomic E-state index is 12.1. The van der Waals surface area contributed by atoms with E-state index in [-0.39, 0.29) is 36.2 Å². The van der Waals surface area contributed by atoms with Crippen LogP contribution in [0.2, 0.25) is 0 Å². The van der Waals surface area contributed by atoms with Gasteiger partial charge < -0.3 is 30.7 Å². The summed E-state index contributed by atoms with van der Waals surface area (Å²) in [7, 11) is 1.75. The second kappa shape index (κ2) is 16.2. The average Bonchev–Trinajstić information content (AvgIpc) is 2.75. The first-order valence-electron chi connectivity index (χ1n) is 8.47. The maximum atomic E-state index is 12.1. The molecule has 0 aliphatic heterocycles. The zero-order chi connectivity index (χ0) is 20.9. The first-order chi connectivity index (χ1) is 13.6. The minimum atomic E-state index is -1.26.